The van der Waals surface area contributed by atoms with Crippen LogP contribution in [0.4, 0.5) is 10.5 Å². The van der Waals surface area contributed by atoms with Crippen LogP contribution in [0.2, 0.25) is 0 Å². The van der Waals surface area contributed by atoms with Crippen LogP contribution in [-0.2, 0) is 0 Å². The molecule has 2 amide bonds. The second kappa shape index (κ2) is 4.52. The SMILES string of the molecule is CC1=NNC(=O)N(Nc2ccc(Br)cc2)C1. The molecule has 0 fully saturated rings. The summed E-state index contributed by atoms with van der Waals surface area (Å²) in [5.41, 5.74) is 7.13. The smallest absolute Gasteiger partial charge is 0.294 e. The number of hydrazone groups is 1. The van der Waals surface area contributed by atoms with Crippen molar-refractivity contribution in [2.75, 3.05) is 12.0 Å². The first-order valence-corrected chi connectivity index (χ1v) is 5.57. The van der Waals surface area contributed by atoms with E-state index in [-0.39, 0.29) is 6.03 Å². The summed E-state index contributed by atoms with van der Waals surface area (Å²) in [5.74, 6) is 0. The lowest BCUT2D eigenvalue weighted by atomic mass is 10.3. The number of benzene rings is 1. The van der Waals surface area contributed by atoms with E-state index < -0.39 is 0 Å². The topological polar surface area (TPSA) is 56.7 Å². The predicted molar refractivity (Wildman–Crippen MR) is 66.1 cm³/mol. The second-order valence-corrected chi connectivity index (χ2v) is 4.38. The van der Waals surface area contributed by atoms with Crippen molar-refractivity contribution in [1.82, 2.24) is 10.4 Å². The van der Waals surface area contributed by atoms with E-state index in [9.17, 15) is 4.79 Å². The molecule has 84 valence electrons. The maximum absolute atomic E-state index is 11.4. The van der Waals surface area contributed by atoms with Gasteiger partial charge in [-0.2, -0.15) is 5.10 Å². The zero-order chi connectivity index (χ0) is 11.5. The van der Waals surface area contributed by atoms with Crippen molar-refractivity contribution >= 4 is 33.4 Å². The van der Waals surface area contributed by atoms with Gasteiger partial charge in [-0.15, -0.1) is 0 Å². The van der Waals surface area contributed by atoms with Crippen molar-refractivity contribution in [3.8, 4) is 0 Å². The number of urea groups is 1. The van der Waals surface area contributed by atoms with Crippen LogP contribution in [0.15, 0.2) is 33.8 Å². The molecule has 0 radical (unpaired) electrons. The molecule has 16 heavy (non-hydrogen) atoms. The van der Waals surface area contributed by atoms with E-state index in [0.29, 0.717) is 6.54 Å². The molecule has 0 saturated heterocycles. The largest absolute Gasteiger partial charge is 0.356 e. The van der Waals surface area contributed by atoms with Gasteiger partial charge in [0.2, 0.25) is 0 Å². The monoisotopic (exact) mass is 282 g/mol. The van der Waals surface area contributed by atoms with E-state index in [1.54, 1.807) is 0 Å². The Bertz CT molecular complexity index is 429. The van der Waals surface area contributed by atoms with Crippen LogP contribution in [-0.4, -0.2) is 23.3 Å². The van der Waals surface area contributed by atoms with Gasteiger partial charge < -0.3 is 0 Å². The van der Waals surface area contributed by atoms with Crippen LogP contribution in [0.1, 0.15) is 6.92 Å². The molecule has 1 aromatic rings. The Morgan fingerprint density at radius 2 is 2.12 bits per heavy atom. The Morgan fingerprint density at radius 1 is 1.44 bits per heavy atom. The molecule has 0 spiro atoms. The number of carbonyl (C=O) groups is 1. The zero-order valence-corrected chi connectivity index (χ0v) is 10.3. The van der Waals surface area contributed by atoms with Gasteiger partial charge in [0.25, 0.3) is 0 Å². The van der Waals surface area contributed by atoms with Gasteiger partial charge in [0.1, 0.15) is 0 Å². The number of hydrazine groups is 1. The number of rotatable bonds is 2. The molecule has 0 unspecified atom stereocenters. The third-order valence-electron chi connectivity index (χ3n) is 2.08. The molecule has 1 aliphatic rings. The van der Waals surface area contributed by atoms with Gasteiger partial charge >= 0.3 is 6.03 Å². The van der Waals surface area contributed by atoms with Crippen LogP contribution < -0.4 is 10.9 Å². The molecule has 6 heteroatoms. The number of anilines is 1. The number of nitrogens with zero attached hydrogens (tertiary/aromatic N) is 2. The fraction of sp³-hybridized carbons (Fsp3) is 0.200. The van der Waals surface area contributed by atoms with Crippen LogP contribution in [0.3, 0.4) is 0 Å². The van der Waals surface area contributed by atoms with Gasteiger partial charge in [0.05, 0.1) is 17.9 Å². The van der Waals surface area contributed by atoms with Crippen molar-refractivity contribution in [3.05, 3.63) is 28.7 Å². The minimum atomic E-state index is -0.256. The molecule has 0 saturated carbocycles. The summed E-state index contributed by atoms with van der Waals surface area (Å²) in [4.78, 5) is 11.4. The summed E-state index contributed by atoms with van der Waals surface area (Å²) in [6, 6.07) is 7.33. The lowest BCUT2D eigenvalue weighted by molar-refractivity contribution is 0.211. The van der Waals surface area contributed by atoms with Crippen LogP contribution in [0.25, 0.3) is 0 Å². The normalized spacial score (nSPS) is 15.5. The van der Waals surface area contributed by atoms with Gasteiger partial charge in [-0.3, -0.25) is 5.43 Å². The first-order valence-electron chi connectivity index (χ1n) is 4.78. The van der Waals surface area contributed by atoms with Gasteiger partial charge in [0, 0.05) is 4.47 Å². The van der Waals surface area contributed by atoms with Crippen LogP contribution in [0, 0.1) is 0 Å². The molecule has 1 heterocycles. The number of carbonyl (C=O) groups excluding carboxylic acids is 1. The van der Waals surface area contributed by atoms with Crippen molar-refractivity contribution in [3.63, 3.8) is 0 Å². The van der Waals surface area contributed by atoms with E-state index in [1.165, 1.54) is 5.01 Å². The third kappa shape index (κ3) is 2.52. The molecule has 1 aliphatic heterocycles. The molecule has 0 aliphatic carbocycles. The number of nitrogens with one attached hydrogen (secondary N) is 2. The molecule has 0 bridgehead atoms. The minimum absolute atomic E-state index is 0.256. The molecule has 2 rings (SSSR count). The van der Waals surface area contributed by atoms with Crippen LogP contribution >= 0.6 is 15.9 Å². The molecular formula is C10H11BrN4O. The highest BCUT2D eigenvalue weighted by Gasteiger charge is 2.18. The lowest BCUT2D eigenvalue weighted by Gasteiger charge is -2.26. The molecule has 0 atom stereocenters. The van der Waals surface area contributed by atoms with Crippen LogP contribution in [0.5, 0.6) is 0 Å². The van der Waals surface area contributed by atoms with E-state index >= 15 is 0 Å². The first-order chi connectivity index (χ1) is 7.65. The maximum atomic E-state index is 11.4. The van der Waals surface area contributed by atoms with Gasteiger partial charge in [-0.1, -0.05) is 15.9 Å². The number of hydrogen-bond donors (Lipinski definition) is 2. The fourth-order valence-electron chi connectivity index (χ4n) is 1.31. The molecular weight excluding hydrogens is 272 g/mol. The van der Waals surface area contributed by atoms with E-state index in [2.05, 4.69) is 31.9 Å². The van der Waals surface area contributed by atoms with Crippen molar-refractivity contribution in [2.45, 2.75) is 6.92 Å². The highest BCUT2D eigenvalue weighted by atomic mass is 79.9. The molecule has 1 aromatic carbocycles. The highest BCUT2D eigenvalue weighted by molar-refractivity contribution is 9.10. The summed E-state index contributed by atoms with van der Waals surface area (Å²) >= 11 is 3.35. The van der Waals surface area contributed by atoms with Crippen molar-refractivity contribution in [2.24, 2.45) is 5.10 Å². The Labute approximate surface area is 102 Å². The summed E-state index contributed by atoms with van der Waals surface area (Å²) in [6.07, 6.45) is 0. The average Bonchev–Trinajstić information content (AvgIpc) is 2.27. The van der Waals surface area contributed by atoms with Gasteiger partial charge in [-0.05, 0) is 31.2 Å². The standard InChI is InChI=1S/C10H11BrN4O/c1-7-6-15(10(16)13-12-7)14-9-4-2-8(11)3-5-9/h2-5,14H,6H2,1H3,(H,13,16). The molecule has 0 aromatic heterocycles. The number of halogens is 1. The van der Waals surface area contributed by atoms with Crippen molar-refractivity contribution < 1.29 is 4.79 Å². The number of hydrogen-bond acceptors (Lipinski definition) is 3. The quantitative estimate of drug-likeness (QED) is 0.874. The van der Waals surface area contributed by atoms with E-state index in [1.807, 2.05) is 31.2 Å². The lowest BCUT2D eigenvalue weighted by Crippen LogP contribution is -2.48. The Morgan fingerprint density at radius 3 is 2.81 bits per heavy atom. The Balaban J connectivity index is 2.07. The number of amides is 2. The molecule has 5 nitrogen and oxygen atoms in total. The second-order valence-electron chi connectivity index (χ2n) is 3.47. The maximum Gasteiger partial charge on any atom is 0.356 e. The fourth-order valence-corrected chi connectivity index (χ4v) is 1.57. The summed E-state index contributed by atoms with van der Waals surface area (Å²) in [6.45, 7) is 2.33. The Hall–Kier alpha value is -1.56. The van der Waals surface area contributed by atoms with E-state index in [0.717, 1.165) is 15.9 Å². The summed E-state index contributed by atoms with van der Waals surface area (Å²) in [7, 11) is 0. The van der Waals surface area contributed by atoms with Crippen molar-refractivity contribution in [1.29, 1.82) is 0 Å². The molecule has 2 N–H and O–H groups in total. The van der Waals surface area contributed by atoms with Gasteiger partial charge in [-0.25, -0.2) is 15.2 Å². The third-order valence-corrected chi connectivity index (χ3v) is 2.61. The zero-order valence-electron chi connectivity index (χ0n) is 8.70. The summed E-state index contributed by atoms with van der Waals surface area (Å²) < 4.78 is 0.999. The van der Waals surface area contributed by atoms with Gasteiger partial charge in [0.15, 0.2) is 0 Å². The summed E-state index contributed by atoms with van der Waals surface area (Å²) in [5, 5.41) is 5.32. The first kappa shape index (κ1) is 10.9. The predicted octanol–water partition coefficient (Wildman–Crippen LogP) is 2.18. The van der Waals surface area contributed by atoms with E-state index in [4.69, 9.17) is 0 Å². The highest BCUT2D eigenvalue weighted by Crippen LogP contribution is 2.15. The minimum Gasteiger partial charge on any atom is -0.294 e. The average molecular weight is 283 g/mol. The Kier molecular flexibility index (Phi) is 3.09.